The van der Waals surface area contributed by atoms with Gasteiger partial charge in [-0.15, -0.1) is 11.6 Å². The number of fused-ring (bicyclic) bond motifs is 1. The first kappa shape index (κ1) is 24.1. The first-order valence-corrected chi connectivity index (χ1v) is 11.7. The maximum Gasteiger partial charge on any atom is 0.131 e. The van der Waals surface area contributed by atoms with Crippen molar-refractivity contribution in [3.63, 3.8) is 0 Å². The number of halogens is 1. The highest BCUT2D eigenvalue weighted by atomic mass is 35.5. The maximum atomic E-state index is 10.7. The van der Waals surface area contributed by atoms with Gasteiger partial charge >= 0.3 is 0 Å². The fourth-order valence-electron chi connectivity index (χ4n) is 4.19. The highest BCUT2D eigenvalue weighted by Crippen LogP contribution is 2.32. The van der Waals surface area contributed by atoms with E-state index in [9.17, 15) is 5.11 Å². The molecule has 0 fully saturated rings. The number of rotatable bonds is 8. The van der Waals surface area contributed by atoms with Gasteiger partial charge in [-0.2, -0.15) is 0 Å². The van der Waals surface area contributed by atoms with Crippen molar-refractivity contribution < 1.29 is 5.11 Å². The summed E-state index contributed by atoms with van der Waals surface area (Å²) in [6, 6.07) is 12.1. The zero-order chi connectivity index (χ0) is 23.0. The lowest BCUT2D eigenvalue weighted by molar-refractivity contribution is 0.133. The van der Waals surface area contributed by atoms with Crippen molar-refractivity contribution in [2.75, 3.05) is 6.54 Å². The van der Waals surface area contributed by atoms with Gasteiger partial charge in [0.2, 0.25) is 0 Å². The SMILES string of the molecule is C=C/C=C\c1cccc(C(O)NCCC2(CC)N/C=C/CC(Cl)/C=C(\C)n3cccc32)c1. The van der Waals surface area contributed by atoms with E-state index in [4.69, 9.17) is 11.6 Å². The van der Waals surface area contributed by atoms with E-state index < -0.39 is 6.23 Å². The van der Waals surface area contributed by atoms with Gasteiger partial charge in [-0.3, -0.25) is 5.32 Å². The summed E-state index contributed by atoms with van der Waals surface area (Å²) in [5.41, 5.74) is 3.92. The van der Waals surface area contributed by atoms with Crippen LogP contribution in [-0.4, -0.2) is 21.6 Å². The molecule has 3 rings (SSSR count). The molecule has 1 aromatic heterocycles. The second-order valence-electron chi connectivity index (χ2n) is 8.18. The van der Waals surface area contributed by atoms with Crippen LogP contribution < -0.4 is 10.6 Å². The van der Waals surface area contributed by atoms with Gasteiger partial charge in [-0.05, 0) is 67.8 Å². The summed E-state index contributed by atoms with van der Waals surface area (Å²) >= 11 is 6.45. The predicted molar refractivity (Wildman–Crippen MR) is 136 cm³/mol. The molecule has 0 radical (unpaired) electrons. The van der Waals surface area contributed by atoms with Gasteiger partial charge in [-0.25, -0.2) is 0 Å². The number of nitrogens with one attached hydrogen (secondary N) is 2. The van der Waals surface area contributed by atoms with Crippen LogP contribution in [0.5, 0.6) is 0 Å². The van der Waals surface area contributed by atoms with Crippen LogP contribution in [0, 0.1) is 0 Å². The molecule has 0 bridgehead atoms. The van der Waals surface area contributed by atoms with E-state index >= 15 is 0 Å². The highest BCUT2D eigenvalue weighted by molar-refractivity contribution is 6.22. The van der Waals surface area contributed by atoms with Crippen molar-refractivity contribution >= 4 is 23.4 Å². The van der Waals surface area contributed by atoms with E-state index in [-0.39, 0.29) is 10.9 Å². The molecule has 0 saturated carbocycles. The van der Waals surface area contributed by atoms with Crippen LogP contribution in [0.2, 0.25) is 0 Å². The normalized spacial score (nSPS) is 24.8. The lowest BCUT2D eigenvalue weighted by Crippen LogP contribution is -2.43. The van der Waals surface area contributed by atoms with E-state index in [2.05, 4.69) is 66.1 Å². The smallest absolute Gasteiger partial charge is 0.131 e. The third kappa shape index (κ3) is 5.83. The van der Waals surface area contributed by atoms with Crippen LogP contribution >= 0.6 is 11.6 Å². The fraction of sp³-hybridized carbons (Fsp3) is 0.333. The summed E-state index contributed by atoms with van der Waals surface area (Å²) in [4.78, 5) is 0. The molecule has 2 aromatic rings. The zero-order valence-corrected chi connectivity index (χ0v) is 19.7. The van der Waals surface area contributed by atoms with Crippen molar-refractivity contribution in [2.24, 2.45) is 0 Å². The molecular weight excluding hydrogens is 418 g/mol. The minimum absolute atomic E-state index is 0.0358. The molecule has 1 aliphatic heterocycles. The second-order valence-corrected chi connectivity index (χ2v) is 8.74. The molecule has 0 aliphatic carbocycles. The summed E-state index contributed by atoms with van der Waals surface area (Å²) in [6.07, 6.45) is 15.7. The molecule has 0 spiro atoms. The average Bonchev–Trinajstić information content (AvgIpc) is 3.30. The summed E-state index contributed by atoms with van der Waals surface area (Å²) in [7, 11) is 0. The van der Waals surface area contributed by atoms with Crippen LogP contribution in [0.25, 0.3) is 11.8 Å². The summed E-state index contributed by atoms with van der Waals surface area (Å²) in [6.45, 7) is 8.64. The van der Waals surface area contributed by atoms with Gasteiger partial charge in [0.05, 0.1) is 10.9 Å². The Morgan fingerprint density at radius 3 is 3.00 bits per heavy atom. The molecule has 1 aliphatic rings. The third-order valence-corrected chi connectivity index (χ3v) is 6.33. The van der Waals surface area contributed by atoms with Crippen molar-refractivity contribution in [3.8, 4) is 0 Å². The summed E-state index contributed by atoms with van der Waals surface area (Å²) in [5, 5.41) is 17.7. The maximum absolute atomic E-state index is 10.7. The minimum Gasteiger partial charge on any atom is -0.380 e. The predicted octanol–water partition coefficient (Wildman–Crippen LogP) is 5.94. The Labute approximate surface area is 197 Å². The Balaban J connectivity index is 1.77. The molecule has 3 atom stereocenters. The summed E-state index contributed by atoms with van der Waals surface area (Å²) < 4.78 is 2.22. The van der Waals surface area contributed by atoms with E-state index in [1.165, 1.54) is 5.69 Å². The molecule has 2 heterocycles. The van der Waals surface area contributed by atoms with Crippen LogP contribution in [-0.2, 0) is 5.54 Å². The van der Waals surface area contributed by atoms with Gasteiger partial charge in [-0.1, -0.05) is 56.0 Å². The zero-order valence-electron chi connectivity index (χ0n) is 19.0. The second kappa shape index (κ2) is 11.4. The molecule has 1 aromatic carbocycles. The van der Waals surface area contributed by atoms with Crippen molar-refractivity contribution in [1.29, 1.82) is 0 Å². The molecule has 32 heavy (non-hydrogen) atoms. The third-order valence-electron chi connectivity index (χ3n) is 6.02. The van der Waals surface area contributed by atoms with Gasteiger partial charge in [0.15, 0.2) is 0 Å². The number of benzene rings is 1. The van der Waals surface area contributed by atoms with Crippen LogP contribution in [0.4, 0.5) is 0 Å². The largest absolute Gasteiger partial charge is 0.380 e. The first-order chi connectivity index (χ1) is 15.5. The number of alkyl halides is 1. The Morgan fingerprint density at radius 2 is 2.22 bits per heavy atom. The Kier molecular flexibility index (Phi) is 8.57. The van der Waals surface area contributed by atoms with Crippen molar-refractivity contribution in [1.82, 2.24) is 15.2 Å². The number of allylic oxidation sites excluding steroid dienone is 5. The lowest BCUT2D eigenvalue weighted by Gasteiger charge is -2.36. The Bertz CT molecular complexity index is 990. The van der Waals surface area contributed by atoms with E-state index in [1.54, 1.807) is 6.08 Å². The van der Waals surface area contributed by atoms with Gasteiger partial charge < -0.3 is 15.0 Å². The van der Waals surface area contributed by atoms with E-state index in [0.717, 1.165) is 36.1 Å². The Morgan fingerprint density at radius 1 is 1.38 bits per heavy atom. The van der Waals surface area contributed by atoms with Crippen molar-refractivity contribution in [3.05, 3.63) is 96.5 Å². The number of hydrogen-bond donors (Lipinski definition) is 3. The fourth-order valence-corrected chi connectivity index (χ4v) is 4.48. The van der Waals surface area contributed by atoms with Gasteiger partial charge in [0.25, 0.3) is 0 Å². The minimum atomic E-state index is -0.735. The molecule has 3 unspecified atom stereocenters. The standard InChI is InChI=1S/C27H34ClN3O/c1-4-6-10-22-11-7-12-23(20-22)26(32)29-17-15-27(5-2)25-14-9-18-31(25)21(3)19-24(28)13-8-16-30-27/h4,6-12,14,16,18-20,24,26,29-30,32H,1,5,13,15,17H2,2-3H3/b10-6-,16-8+,21-19+. The lowest BCUT2D eigenvalue weighted by atomic mass is 9.87. The molecule has 4 nitrogen and oxygen atoms in total. The summed E-state index contributed by atoms with van der Waals surface area (Å²) in [5.74, 6) is 0. The number of aromatic nitrogens is 1. The molecule has 170 valence electrons. The topological polar surface area (TPSA) is 49.2 Å². The van der Waals surface area contributed by atoms with Crippen LogP contribution in [0.1, 0.15) is 56.2 Å². The van der Waals surface area contributed by atoms with E-state index in [0.29, 0.717) is 6.54 Å². The number of aliphatic hydroxyl groups is 1. The average molecular weight is 452 g/mol. The monoisotopic (exact) mass is 451 g/mol. The number of nitrogens with zero attached hydrogens (tertiary/aromatic N) is 1. The van der Waals surface area contributed by atoms with E-state index in [1.807, 2.05) is 42.6 Å². The molecule has 0 saturated heterocycles. The van der Waals surface area contributed by atoms with Gasteiger partial charge in [0.1, 0.15) is 6.23 Å². The number of aliphatic hydroxyl groups excluding tert-OH is 1. The molecular formula is C27H34ClN3O. The van der Waals surface area contributed by atoms with Gasteiger partial charge in [0, 0.05) is 24.1 Å². The van der Waals surface area contributed by atoms with Crippen molar-refractivity contribution in [2.45, 2.75) is 50.3 Å². The molecule has 3 N–H and O–H groups in total. The quantitative estimate of drug-likeness (QED) is 0.264. The van der Waals surface area contributed by atoms with Crippen LogP contribution in [0.3, 0.4) is 0 Å². The molecule has 5 heteroatoms. The Hall–Kier alpha value is -2.53. The van der Waals surface area contributed by atoms with Crippen LogP contribution in [0.15, 0.2) is 79.7 Å². The highest BCUT2D eigenvalue weighted by Gasteiger charge is 2.32. The molecule has 0 amide bonds. The number of hydrogen-bond acceptors (Lipinski definition) is 3. The first-order valence-electron chi connectivity index (χ1n) is 11.2.